The number of anilines is 1. The molecule has 1 aliphatic heterocycles. The molecule has 2 amide bonds. The molecule has 2 heterocycles. The molecule has 3 aromatic carbocycles. The highest BCUT2D eigenvalue weighted by atomic mass is 32.2. The summed E-state index contributed by atoms with van der Waals surface area (Å²) in [6, 6.07) is 24.0. The third-order valence-electron chi connectivity index (χ3n) is 6.14. The molecule has 0 spiro atoms. The zero-order valence-electron chi connectivity index (χ0n) is 19.4. The number of hydrogen-bond acceptors (Lipinski definition) is 5. The number of benzene rings is 3. The van der Waals surface area contributed by atoms with Crippen molar-refractivity contribution in [3.63, 3.8) is 0 Å². The van der Waals surface area contributed by atoms with E-state index in [1.54, 1.807) is 76.7 Å². The van der Waals surface area contributed by atoms with Crippen LogP contribution < -0.4 is 4.72 Å². The average Bonchev–Trinajstić information content (AvgIpc) is 2.93. The predicted octanol–water partition coefficient (Wildman–Crippen LogP) is 3.63. The lowest BCUT2D eigenvalue weighted by Crippen LogP contribution is -2.50. The summed E-state index contributed by atoms with van der Waals surface area (Å²) in [6.45, 7) is 1.77. The Morgan fingerprint density at radius 2 is 1.28 bits per heavy atom. The lowest BCUT2D eigenvalue weighted by Gasteiger charge is -2.35. The molecule has 182 valence electrons. The van der Waals surface area contributed by atoms with Crippen molar-refractivity contribution < 1.29 is 18.0 Å². The molecular formula is C27H24N4O4S. The molecule has 0 atom stereocenters. The van der Waals surface area contributed by atoms with Crippen LogP contribution in [0, 0.1) is 0 Å². The van der Waals surface area contributed by atoms with E-state index >= 15 is 0 Å². The van der Waals surface area contributed by atoms with E-state index in [0.717, 1.165) is 5.39 Å². The van der Waals surface area contributed by atoms with Crippen molar-refractivity contribution in [2.24, 2.45) is 0 Å². The van der Waals surface area contributed by atoms with Crippen LogP contribution in [0.1, 0.15) is 20.7 Å². The second-order valence-electron chi connectivity index (χ2n) is 8.46. The van der Waals surface area contributed by atoms with Gasteiger partial charge in [0.25, 0.3) is 21.8 Å². The van der Waals surface area contributed by atoms with Crippen molar-refractivity contribution in [1.82, 2.24) is 14.8 Å². The Kier molecular flexibility index (Phi) is 6.39. The molecule has 0 unspecified atom stereocenters. The fourth-order valence-electron chi connectivity index (χ4n) is 4.24. The van der Waals surface area contributed by atoms with E-state index in [2.05, 4.69) is 9.71 Å². The Bertz CT molecular complexity index is 1510. The van der Waals surface area contributed by atoms with Crippen molar-refractivity contribution in [3.8, 4) is 0 Å². The quantitative estimate of drug-likeness (QED) is 0.451. The number of amides is 2. The molecule has 0 radical (unpaired) electrons. The van der Waals surface area contributed by atoms with Crippen molar-refractivity contribution >= 4 is 38.4 Å². The third kappa shape index (κ3) is 4.78. The van der Waals surface area contributed by atoms with Crippen LogP contribution in [-0.2, 0) is 10.0 Å². The number of nitrogens with one attached hydrogen (secondary N) is 1. The van der Waals surface area contributed by atoms with E-state index in [-0.39, 0.29) is 16.7 Å². The first-order valence-electron chi connectivity index (χ1n) is 11.5. The Morgan fingerprint density at radius 1 is 0.694 bits per heavy atom. The average molecular weight is 501 g/mol. The zero-order valence-corrected chi connectivity index (χ0v) is 20.2. The maximum Gasteiger partial charge on any atom is 0.264 e. The molecule has 36 heavy (non-hydrogen) atoms. The number of para-hydroxylation sites is 1. The highest BCUT2D eigenvalue weighted by Crippen LogP contribution is 2.23. The number of carbonyl (C=O) groups is 2. The van der Waals surface area contributed by atoms with Crippen LogP contribution in [0.4, 0.5) is 5.69 Å². The maximum absolute atomic E-state index is 13.0. The highest BCUT2D eigenvalue weighted by molar-refractivity contribution is 7.93. The molecule has 4 aromatic rings. The van der Waals surface area contributed by atoms with Crippen LogP contribution in [0.3, 0.4) is 0 Å². The molecule has 0 aliphatic carbocycles. The standard InChI is InChI=1S/C27H24N4O4S/c32-26(21-6-2-1-3-7-21)30-16-18-31(19-17-30)27(33)22-11-13-23(14-12-22)29-36(34,35)24-10-4-8-20-9-5-15-28-25(20)24/h1-15,29H,16-19H2. The summed E-state index contributed by atoms with van der Waals surface area (Å²) in [5.41, 5.74) is 1.82. The van der Waals surface area contributed by atoms with Gasteiger partial charge in [0.05, 0.1) is 5.52 Å². The molecule has 8 nitrogen and oxygen atoms in total. The minimum atomic E-state index is -3.88. The van der Waals surface area contributed by atoms with E-state index in [1.807, 2.05) is 18.2 Å². The van der Waals surface area contributed by atoms with Crippen molar-refractivity contribution in [2.75, 3.05) is 30.9 Å². The summed E-state index contributed by atoms with van der Waals surface area (Å²) in [7, 11) is -3.88. The molecule has 5 rings (SSSR count). The van der Waals surface area contributed by atoms with Crippen LogP contribution in [-0.4, -0.2) is 61.2 Å². The van der Waals surface area contributed by atoms with Gasteiger partial charge in [0.15, 0.2) is 0 Å². The number of piperazine rings is 1. The first-order valence-corrected chi connectivity index (χ1v) is 13.0. The van der Waals surface area contributed by atoms with E-state index in [0.29, 0.717) is 48.5 Å². The first-order chi connectivity index (χ1) is 17.4. The molecule has 1 aliphatic rings. The molecular weight excluding hydrogens is 476 g/mol. The second-order valence-corrected chi connectivity index (χ2v) is 10.1. The minimum absolute atomic E-state index is 0.0410. The summed E-state index contributed by atoms with van der Waals surface area (Å²) < 4.78 is 28.6. The molecule has 1 N–H and O–H groups in total. The third-order valence-corrected chi connectivity index (χ3v) is 7.56. The van der Waals surface area contributed by atoms with Crippen molar-refractivity contribution in [3.05, 3.63) is 102 Å². The maximum atomic E-state index is 13.0. The fraction of sp³-hybridized carbons (Fsp3) is 0.148. The zero-order chi connectivity index (χ0) is 25.1. The van der Waals surface area contributed by atoms with Gasteiger partial charge < -0.3 is 9.80 Å². The lowest BCUT2D eigenvalue weighted by atomic mass is 10.1. The van der Waals surface area contributed by atoms with Gasteiger partial charge in [-0.05, 0) is 48.5 Å². The van der Waals surface area contributed by atoms with Gasteiger partial charge in [0.1, 0.15) is 4.90 Å². The summed E-state index contributed by atoms with van der Waals surface area (Å²) in [5, 5.41) is 0.729. The van der Waals surface area contributed by atoms with Crippen LogP contribution in [0.2, 0.25) is 0 Å². The monoisotopic (exact) mass is 500 g/mol. The second kappa shape index (κ2) is 9.79. The van der Waals surface area contributed by atoms with E-state index in [9.17, 15) is 18.0 Å². The number of carbonyl (C=O) groups excluding carboxylic acids is 2. The van der Waals surface area contributed by atoms with Gasteiger partial charge in [-0.3, -0.25) is 19.3 Å². The lowest BCUT2D eigenvalue weighted by molar-refractivity contribution is 0.0535. The van der Waals surface area contributed by atoms with Crippen molar-refractivity contribution in [2.45, 2.75) is 4.90 Å². The number of hydrogen-bond donors (Lipinski definition) is 1. The summed E-state index contributed by atoms with van der Waals surface area (Å²) in [5.74, 6) is -0.199. The van der Waals surface area contributed by atoms with E-state index < -0.39 is 10.0 Å². The van der Waals surface area contributed by atoms with Gasteiger partial charge in [0.2, 0.25) is 0 Å². The number of rotatable bonds is 5. The molecule has 1 saturated heterocycles. The highest BCUT2D eigenvalue weighted by Gasteiger charge is 2.25. The molecule has 9 heteroatoms. The number of nitrogens with zero attached hydrogens (tertiary/aromatic N) is 3. The van der Waals surface area contributed by atoms with Gasteiger partial charge in [0, 0.05) is 54.6 Å². The normalized spacial score (nSPS) is 14.0. The SMILES string of the molecule is O=C(c1ccccc1)N1CCN(C(=O)c2ccc(NS(=O)(=O)c3cccc4cccnc34)cc2)CC1. The Morgan fingerprint density at radius 3 is 1.92 bits per heavy atom. The number of sulfonamides is 1. The van der Waals surface area contributed by atoms with Crippen LogP contribution in [0.25, 0.3) is 10.9 Å². The number of fused-ring (bicyclic) bond motifs is 1. The smallest absolute Gasteiger partial charge is 0.264 e. The largest absolute Gasteiger partial charge is 0.335 e. The van der Waals surface area contributed by atoms with E-state index in [1.165, 1.54) is 6.07 Å². The van der Waals surface area contributed by atoms with Gasteiger partial charge >= 0.3 is 0 Å². The Balaban J connectivity index is 1.23. The van der Waals surface area contributed by atoms with Crippen LogP contribution >= 0.6 is 0 Å². The van der Waals surface area contributed by atoms with Gasteiger partial charge in [-0.15, -0.1) is 0 Å². The van der Waals surface area contributed by atoms with Gasteiger partial charge in [-0.25, -0.2) is 8.42 Å². The summed E-state index contributed by atoms with van der Waals surface area (Å²) >= 11 is 0. The van der Waals surface area contributed by atoms with E-state index in [4.69, 9.17) is 0 Å². The summed E-state index contributed by atoms with van der Waals surface area (Å²) in [4.78, 5) is 33.4. The molecule has 1 fully saturated rings. The van der Waals surface area contributed by atoms with Crippen LogP contribution in [0.5, 0.6) is 0 Å². The summed E-state index contributed by atoms with van der Waals surface area (Å²) in [6.07, 6.45) is 1.55. The Hall–Kier alpha value is -4.24. The van der Waals surface area contributed by atoms with Gasteiger partial charge in [-0.2, -0.15) is 0 Å². The first kappa shape index (κ1) is 23.5. The minimum Gasteiger partial charge on any atom is -0.335 e. The Labute approximate surface area is 209 Å². The topological polar surface area (TPSA) is 99.7 Å². The number of aromatic nitrogens is 1. The predicted molar refractivity (Wildman–Crippen MR) is 137 cm³/mol. The van der Waals surface area contributed by atoms with Crippen LogP contribution in [0.15, 0.2) is 96.0 Å². The van der Waals surface area contributed by atoms with Crippen molar-refractivity contribution in [1.29, 1.82) is 0 Å². The fourth-order valence-corrected chi connectivity index (χ4v) is 5.48. The molecule has 0 bridgehead atoms. The number of pyridine rings is 1. The van der Waals surface area contributed by atoms with Gasteiger partial charge in [-0.1, -0.05) is 36.4 Å². The molecule has 0 saturated carbocycles. The molecule has 1 aromatic heterocycles.